The van der Waals surface area contributed by atoms with Crippen LogP contribution >= 0.6 is 9.24 Å². The number of ether oxygens (including phenoxy) is 1. The van der Waals surface area contributed by atoms with Gasteiger partial charge in [0.05, 0.1) is 18.7 Å². The lowest BCUT2D eigenvalue weighted by Crippen LogP contribution is -1.94. The number of benzene rings is 2. The van der Waals surface area contributed by atoms with Crippen molar-refractivity contribution in [2.75, 3.05) is 7.11 Å². The summed E-state index contributed by atoms with van der Waals surface area (Å²) in [5.74, 6) is 0.876. The first-order valence-corrected chi connectivity index (χ1v) is 7.77. The number of hydrogen-bond donors (Lipinski definition) is 0. The molecule has 2 atom stereocenters. The van der Waals surface area contributed by atoms with Crippen molar-refractivity contribution in [2.24, 2.45) is 0 Å². The highest BCUT2D eigenvalue weighted by Gasteiger charge is 2.11. The summed E-state index contributed by atoms with van der Waals surface area (Å²) in [6.45, 7) is 6.10. The van der Waals surface area contributed by atoms with E-state index >= 15 is 0 Å². The van der Waals surface area contributed by atoms with Crippen LogP contribution in [0.3, 0.4) is 0 Å². The maximum atomic E-state index is 9.18. The summed E-state index contributed by atoms with van der Waals surface area (Å²) >= 11 is 0. The van der Waals surface area contributed by atoms with Gasteiger partial charge in [-0.3, -0.25) is 0 Å². The Morgan fingerprint density at radius 2 is 1.81 bits per heavy atom. The average Bonchev–Trinajstić information content (AvgIpc) is 2.56. The molecule has 0 radical (unpaired) electrons. The van der Waals surface area contributed by atoms with Crippen molar-refractivity contribution in [3.05, 3.63) is 53.6 Å². The number of hydrogen-bond acceptors (Lipinski definition) is 2. The predicted molar refractivity (Wildman–Crippen MR) is 92.6 cm³/mol. The van der Waals surface area contributed by atoms with E-state index in [9.17, 15) is 5.26 Å². The molecule has 2 aromatic carbocycles. The van der Waals surface area contributed by atoms with E-state index in [1.54, 1.807) is 7.11 Å². The Hall–Kier alpha value is -1.84. The summed E-state index contributed by atoms with van der Waals surface area (Å²) in [6.07, 6.45) is 0. The zero-order valence-electron chi connectivity index (χ0n) is 13.1. The van der Waals surface area contributed by atoms with E-state index in [-0.39, 0.29) is 0 Å². The third kappa shape index (κ3) is 4.06. The molecular formula is C18H22NOP. The first kappa shape index (κ1) is 17.2. The van der Waals surface area contributed by atoms with Gasteiger partial charge in [-0.25, -0.2) is 0 Å². The van der Waals surface area contributed by atoms with Crippen LogP contribution in [0, 0.1) is 11.3 Å². The molecule has 0 heterocycles. The van der Waals surface area contributed by atoms with Gasteiger partial charge in [0, 0.05) is 5.56 Å². The van der Waals surface area contributed by atoms with Gasteiger partial charge in [-0.2, -0.15) is 5.26 Å². The fraction of sp³-hybridized carbons (Fsp3) is 0.278. The number of nitriles is 1. The van der Waals surface area contributed by atoms with Gasteiger partial charge in [-0.15, -0.1) is 9.24 Å². The second-order valence-electron chi connectivity index (χ2n) is 4.40. The first-order valence-electron chi connectivity index (χ1n) is 7.10. The van der Waals surface area contributed by atoms with Crippen molar-refractivity contribution in [1.29, 1.82) is 5.26 Å². The fourth-order valence-corrected chi connectivity index (χ4v) is 2.35. The van der Waals surface area contributed by atoms with Gasteiger partial charge >= 0.3 is 0 Å². The highest BCUT2D eigenvalue weighted by atomic mass is 31.0. The van der Waals surface area contributed by atoms with Crippen LogP contribution < -0.4 is 4.74 Å². The summed E-state index contributed by atoms with van der Waals surface area (Å²) in [5, 5.41) is 9.18. The van der Waals surface area contributed by atoms with Crippen LogP contribution in [0.25, 0.3) is 11.1 Å². The number of nitrogens with zero attached hydrogens (tertiary/aromatic N) is 1. The topological polar surface area (TPSA) is 33.0 Å². The van der Waals surface area contributed by atoms with Crippen molar-refractivity contribution in [3.63, 3.8) is 0 Å². The second-order valence-corrected chi connectivity index (χ2v) is 5.40. The molecular weight excluding hydrogens is 277 g/mol. The van der Waals surface area contributed by atoms with Gasteiger partial charge in [0.2, 0.25) is 0 Å². The summed E-state index contributed by atoms with van der Waals surface area (Å²) < 4.78 is 5.38. The number of rotatable bonds is 3. The quantitative estimate of drug-likeness (QED) is 0.730. The Morgan fingerprint density at radius 1 is 1.14 bits per heavy atom. The largest absolute Gasteiger partial charge is 0.496 e. The molecule has 0 bridgehead atoms. The Morgan fingerprint density at radius 3 is 2.38 bits per heavy atom. The minimum Gasteiger partial charge on any atom is -0.496 e. The van der Waals surface area contributed by atoms with Crippen LogP contribution in [0.1, 0.15) is 37.6 Å². The van der Waals surface area contributed by atoms with Crippen LogP contribution in [0.2, 0.25) is 0 Å². The molecule has 2 nitrogen and oxygen atoms in total. The third-order valence-electron chi connectivity index (χ3n) is 3.08. The van der Waals surface area contributed by atoms with Crippen molar-refractivity contribution < 1.29 is 4.74 Å². The maximum absolute atomic E-state index is 9.18. The van der Waals surface area contributed by atoms with E-state index in [0.717, 1.165) is 22.4 Å². The Kier molecular flexibility index (Phi) is 6.92. The lowest BCUT2D eigenvalue weighted by molar-refractivity contribution is 0.410. The molecule has 0 spiro atoms. The molecule has 0 N–H and O–H groups in total. The van der Waals surface area contributed by atoms with Crippen LogP contribution in [-0.2, 0) is 0 Å². The molecule has 3 heteroatoms. The van der Waals surface area contributed by atoms with Crippen LogP contribution in [0.15, 0.2) is 42.5 Å². The summed E-state index contributed by atoms with van der Waals surface area (Å²) in [7, 11) is 4.45. The van der Waals surface area contributed by atoms with Gasteiger partial charge in [0.15, 0.2) is 0 Å². The SMILES string of the molecule is CC.COc1ccc(-c2ccccc2C#N)cc1C(C)P. The monoisotopic (exact) mass is 299 g/mol. The molecule has 0 amide bonds. The zero-order valence-corrected chi connectivity index (χ0v) is 14.2. The summed E-state index contributed by atoms with van der Waals surface area (Å²) in [5.41, 5.74) is 4.11. The van der Waals surface area contributed by atoms with E-state index in [0.29, 0.717) is 11.2 Å². The van der Waals surface area contributed by atoms with E-state index in [1.807, 2.05) is 50.2 Å². The highest BCUT2D eigenvalue weighted by Crippen LogP contribution is 2.35. The molecule has 2 rings (SSSR count). The summed E-state index contributed by atoms with van der Waals surface area (Å²) in [6, 6.07) is 15.9. The zero-order chi connectivity index (χ0) is 15.8. The Labute approximate surface area is 130 Å². The Balaban J connectivity index is 0.00000106. The smallest absolute Gasteiger partial charge is 0.122 e. The van der Waals surface area contributed by atoms with Crippen molar-refractivity contribution in [1.82, 2.24) is 0 Å². The molecule has 0 saturated heterocycles. The first-order chi connectivity index (χ1) is 10.2. The standard InChI is InChI=1S/C16H16NOP.C2H6/c1-11(19)15-9-12(7-8-16(15)18-2)14-6-4-3-5-13(14)10-17;1-2/h3-9,11H,19H2,1-2H3;1-2H3. The molecule has 0 aliphatic carbocycles. The van der Waals surface area contributed by atoms with Crippen molar-refractivity contribution >= 4 is 9.24 Å². The van der Waals surface area contributed by atoms with Gasteiger partial charge in [0.1, 0.15) is 5.75 Å². The molecule has 0 aliphatic heterocycles. The average molecular weight is 299 g/mol. The van der Waals surface area contributed by atoms with E-state index < -0.39 is 0 Å². The molecule has 2 aromatic rings. The van der Waals surface area contributed by atoms with Crippen LogP contribution in [0.5, 0.6) is 5.75 Å². The summed E-state index contributed by atoms with van der Waals surface area (Å²) in [4.78, 5) is 0. The lowest BCUT2D eigenvalue weighted by atomic mass is 9.97. The van der Waals surface area contributed by atoms with E-state index in [1.165, 1.54) is 0 Å². The predicted octanol–water partition coefficient (Wildman–Crippen LogP) is 5.20. The van der Waals surface area contributed by atoms with Crippen molar-refractivity contribution in [3.8, 4) is 22.9 Å². The van der Waals surface area contributed by atoms with Crippen molar-refractivity contribution in [2.45, 2.75) is 26.4 Å². The van der Waals surface area contributed by atoms with Gasteiger partial charge in [-0.1, -0.05) is 45.0 Å². The lowest BCUT2D eigenvalue weighted by Gasteiger charge is -2.14. The molecule has 0 fully saturated rings. The van der Waals surface area contributed by atoms with Gasteiger partial charge < -0.3 is 4.74 Å². The maximum Gasteiger partial charge on any atom is 0.122 e. The van der Waals surface area contributed by atoms with Gasteiger partial charge in [-0.05, 0) is 35.0 Å². The highest BCUT2D eigenvalue weighted by molar-refractivity contribution is 7.17. The molecule has 0 aromatic heterocycles. The third-order valence-corrected chi connectivity index (χ3v) is 3.44. The normalized spacial score (nSPS) is 10.9. The van der Waals surface area contributed by atoms with Crippen LogP contribution in [0.4, 0.5) is 0 Å². The fourth-order valence-electron chi connectivity index (χ4n) is 2.09. The molecule has 2 unspecified atom stereocenters. The van der Waals surface area contributed by atoms with Crippen LogP contribution in [-0.4, -0.2) is 7.11 Å². The minimum absolute atomic E-state index is 0.296. The molecule has 110 valence electrons. The second kappa shape index (κ2) is 8.45. The molecule has 0 saturated carbocycles. The minimum atomic E-state index is 0.296. The van der Waals surface area contributed by atoms with E-state index in [4.69, 9.17) is 4.74 Å². The molecule has 0 aliphatic rings. The molecule has 21 heavy (non-hydrogen) atoms. The Bertz CT molecular complexity index is 629. The number of methoxy groups -OCH3 is 1. The van der Waals surface area contributed by atoms with Gasteiger partial charge in [0.25, 0.3) is 0 Å². The van der Waals surface area contributed by atoms with E-state index in [2.05, 4.69) is 28.3 Å².